The molecule has 208 valence electrons. The Kier molecular flexibility index (Phi) is 10.8. The average Bonchev–Trinajstić information content (AvgIpc) is 2.91. The van der Waals surface area contributed by atoms with Crippen molar-refractivity contribution >= 4 is 35.4 Å². The van der Waals surface area contributed by atoms with Crippen molar-refractivity contribution < 1.29 is 18.7 Å². The number of nitrogen functional groups attached to an aromatic ring is 1. The third-order valence-electron chi connectivity index (χ3n) is 5.57. The van der Waals surface area contributed by atoms with Crippen LogP contribution >= 0.6 is 11.9 Å². The van der Waals surface area contributed by atoms with Crippen molar-refractivity contribution in [3.05, 3.63) is 71.9 Å². The van der Waals surface area contributed by atoms with E-state index >= 15 is 4.39 Å². The lowest BCUT2D eigenvalue weighted by Gasteiger charge is -2.20. The highest BCUT2D eigenvalue weighted by Gasteiger charge is 2.19. The summed E-state index contributed by atoms with van der Waals surface area (Å²) in [5.74, 6) is 0.279. The van der Waals surface area contributed by atoms with Crippen LogP contribution in [0.4, 0.5) is 15.8 Å². The van der Waals surface area contributed by atoms with Crippen LogP contribution in [-0.4, -0.2) is 69.0 Å². The zero-order valence-electron chi connectivity index (χ0n) is 22.6. The van der Waals surface area contributed by atoms with Gasteiger partial charge in [0, 0.05) is 54.1 Å². The fourth-order valence-electron chi connectivity index (χ4n) is 3.56. The number of carbonyl (C=O) groups excluding carboxylic acids is 1. The van der Waals surface area contributed by atoms with Gasteiger partial charge in [-0.15, -0.1) is 0 Å². The summed E-state index contributed by atoms with van der Waals surface area (Å²) >= 11 is 1.39. The summed E-state index contributed by atoms with van der Waals surface area (Å²) in [4.78, 5) is 20.2. The van der Waals surface area contributed by atoms with Crippen LogP contribution in [-0.2, 0) is 9.53 Å². The topological polar surface area (TPSA) is 119 Å². The number of rotatable bonds is 14. The highest BCUT2D eigenvalue weighted by molar-refractivity contribution is 8.00. The number of aromatic nitrogens is 1. The Bertz CT molecular complexity index is 1290. The molecule has 1 aromatic heterocycles. The quantitative estimate of drug-likeness (QED) is 0.0876. The standard InChI is InChI=1S/C28H35FN6O3S/c1-34(2)11-8-13-38-28-25(33-39-20-9-6-5-7-10-20)15-19(18-32-28)21-16-22(24(30)17-23(21)29)26(37-14-12-36)27(31)35(3)4/h5-7,9-10,12,15-18,33H,8,11,13-14,30-31H2,1-4H3/b27-26-. The largest absolute Gasteiger partial charge is 0.482 e. The van der Waals surface area contributed by atoms with Crippen LogP contribution in [0.1, 0.15) is 12.0 Å². The predicted molar refractivity (Wildman–Crippen MR) is 155 cm³/mol. The number of benzene rings is 2. The molecule has 0 aliphatic heterocycles. The SMILES string of the molecule is CN(C)CCCOc1ncc(-c2cc(/C(OCC=O)=C(\N)N(C)C)c(N)cc2F)cc1NSc1ccccc1. The van der Waals surface area contributed by atoms with Crippen molar-refractivity contribution in [3.63, 3.8) is 0 Å². The van der Waals surface area contributed by atoms with Crippen LogP contribution in [0.3, 0.4) is 0 Å². The maximum atomic E-state index is 15.3. The highest BCUT2D eigenvalue weighted by Crippen LogP contribution is 2.36. The fraction of sp³-hybridized carbons (Fsp3) is 0.286. The van der Waals surface area contributed by atoms with Gasteiger partial charge in [0.1, 0.15) is 23.9 Å². The van der Waals surface area contributed by atoms with Gasteiger partial charge in [-0.3, -0.25) is 4.79 Å². The molecule has 0 saturated carbocycles. The molecular formula is C28H35FN6O3S. The molecular weight excluding hydrogens is 519 g/mol. The maximum absolute atomic E-state index is 15.3. The van der Waals surface area contributed by atoms with Gasteiger partial charge in [-0.25, -0.2) is 9.37 Å². The van der Waals surface area contributed by atoms with Gasteiger partial charge in [-0.2, -0.15) is 0 Å². The molecule has 39 heavy (non-hydrogen) atoms. The number of pyridine rings is 1. The van der Waals surface area contributed by atoms with Gasteiger partial charge in [0.05, 0.1) is 6.61 Å². The van der Waals surface area contributed by atoms with E-state index in [4.69, 9.17) is 20.9 Å². The average molecular weight is 555 g/mol. The number of anilines is 2. The van der Waals surface area contributed by atoms with Gasteiger partial charge < -0.3 is 35.5 Å². The lowest BCUT2D eigenvalue weighted by atomic mass is 10.0. The predicted octanol–water partition coefficient (Wildman–Crippen LogP) is 4.28. The van der Waals surface area contributed by atoms with Crippen LogP contribution in [0.5, 0.6) is 5.88 Å². The molecule has 0 amide bonds. The van der Waals surface area contributed by atoms with E-state index in [1.807, 2.05) is 44.4 Å². The Morgan fingerprint density at radius 3 is 2.56 bits per heavy atom. The molecule has 1 heterocycles. The Morgan fingerprint density at radius 1 is 1.15 bits per heavy atom. The van der Waals surface area contributed by atoms with Crippen LogP contribution in [0, 0.1) is 5.82 Å². The van der Waals surface area contributed by atoms with Crippen molar-refractivity contribution in [3.8, 4) is 17.0 Å². The Hall–Kier alpha value is -3.96. The summed E-state index contributed by atoms with van der Waals surface area (Å²) in [5, 5.41) is 0. The van der Waals surface area contributed by atoms with E-state index in [1.54, 1.807) is 37.3 Å². The molecule has 3 aromatic rings. The van der Waals surface area contributed by atoms with E-state index in [-0.39, 0.29) is 29.4 Å². The Balaban J connectivity index is 2.02. The lowest BCUT2D eigenvalue weighted by Crippen LogP contribution is -2.22. The van der Waals surface area contributed by atoms with Gasteiger partial charge in [-0.1, -0.05) is 18.2 Å². The molecule has 3 rings (SSSR count). The Labute approximate surface area is 233 Å². The zero-order valence-corrected chi connectivity index (χ0v) is 23.4. The molecule has 0 unspecified atom stereocenters. The third-order valence-corrected chi connectivity index (χ3v) is 6.40. The number of carbonyl (C=O) groups is 1. The first-order valence-corrected chi connectivity index (χ1v) is 13.1. The summed E-state index contributed by atoms with van der Waals surface area (Å²) in [6.07, 6.45) is 2.97. The smallest absolute Gasteiger partial charge is 0.238 e. The molecule has 11 heteroatoms. The minimum Gasteiger partial charge on any atom is -0.482 e. The van der Waals surface area contributed by atoms with Gasteiger partial charge in [-0.05, 0) is 62.8 Å². The van der Waals surface area contributed by atoms with Crippen LogP contribution in [0.2, 0.25) is 0 Å². The van der Waals surface area contributed by atoms with Gasteiger partial charge >= 0.3 is 0 Å². The molecule has 9 nitrogen and oxygen atoms in total. The summed E-state index contributed by atoms with van der Waals surface area (Å²) in [6, 6.07) is 14.3. The normalized spacial score (nSPS) is 11.6. The molecule has 0 spiro atoms. The van der Waals surface area contributed by atoms with Crippen LogP contribution in [0.15, 0.2) is 65.4 Å². The lowest BCUT2D eigenvalue weighted by molar-refractivity contribution is -0.110. The third kappa shape index (κ3) is 8.26. The number of nitrogens with zero attached hydrogens (tertiary/aromatic N) is 3. The number of hydrogen-bond acceptors (Lipinski definition) is 10. The second-order valence-electron chi connectivity index (χ2n) is 9.10. The number of hydrogen-bond donors (Lipinski definition) is 3. The highest BCUT2D eigenvalue weighted by atomic mass is 32.2. The molecule has 0 bridgehead atoms. The monoisotopic (exact) mass is 554 g/mol. The first kappa shape index (κ1) is 29.6. The van der Waals surface area contributed by atoms with E-state index in [2.05, 4.69) is 14.6 Å². The van der Waals surface area contributed by atoms with E-state index < -0.39 is 5.82 Å². The van der Waals surface area contributed by atoms with Crippen LogP contribution < -0.4 is 20.9 Å². The minimum absolute atomic E-state index is 0.119. The Morgan fingerprint density at radius 2 is 1.90 bits per heavy atom. The van der Waals surface area contributed by atoms with Crippen LogP contribution in [0.25, 0.3) is 16.9 Å². The summed E-state index contributed by atoms with van der Waals surface area (Å²) < 4.78 is 30.1. The number of ether oxygens (including phenoxy) is 2. The molecule has 0 aliphatic carbocycles. The minimum atomic E-state index is -0.544. The number of halogens is 1. The molecule has 5 N–H and O–H groups in total. The maximum Gasteiger partial charge on any atom is 0.238 e. The summed E-state index contributed by atoms with van der Waals surface area (Å²) in [5.41, 5.74) is 14.2. The van der Waals surface area contributed by atoms with Crippen molar-refractivity contribution in [1.29, 1.82) is 0 Å². The second kappa shape index (κ2) is 14.3. The molecule has 0 atom stereocenters. The molecule has 0 radical (unpaired) electrons. The molecule has 0 aliphatic rings. The number of nitrogens with two attached hydrogens (primary N) is 2. The fourth-order valence-corrected chi connectivity index (χ4v) is 4.22. The zero-order chi connectivity index (χ0) is 28.4. The second-order valence-corrected chi connectivity index (χ2v) is 9.98. The van der Waals surface area contributed by atoms with Gasteiger partial charge in [0.2, 0.25) is 5.88 Å². The van der Waals surface area contributed by atoms with E-state index in [0.29, 0.717) is 35.6 Å². The molecule has 0 fully saturated rings. The number of nitrogens with one attached hydrogen (secondary N) is 1. The summed E-state index contributed by atoms with van der Waals surface area (Å²) in [7, 11) is 7.46. The molecule has 0 saturated heterocycles. The van der Waals surface area contributed by atoms with Crippen molar-refractivity contribution in [2.24, 2.45) is 5.73 Å². The first-order valence-electron chi connectivity index (χ1n) is 12.3. The van der Waals surface area contributed by atoms with Gasteiger partial charge in [0.15, 0.2) is 12.0 Å². The summed E-state index contributed by atoms with van der Waals surface area (Å²) in [6.45, 7) is 1.11. The van der Waals surface area contributed by atoms with E-state index in [1.165, 1.54) is 18.0 Å². The number of aldehydes is 1. The van der Waals surface area contributed by atoms with E-state index in [9.17, 15) is 4.79 Å². The van der Waals surface area contributed by atoms with E-state index in [0.717, 1.165) is 17.9 Å². The molecule has 2 aromatic carbocycles. The first-order chi connectivity index (χ1) is 18.7. The van der Waals surface area contributed by atoms with Crippen molar-refractivity contribution in [2.75, 3.05) is 58.4 Å². The van der Waals surface area contributed by atoms with Crippen molar-refractivity contribution in [1.82, 2.24) is 14.8 Å². The van der Waals surface area contributed by atoms with Crippen molar-refractivity contribution in [2.45, 2.75) is 11.3 Å². The van der Waals surface area contributed by atoms with Gasteiger partial charge in [0.25, 0.3) is 0 Å².